The maximum Gasteiger partial charge on any atom is 0.341 e. The third-order valence-corrected chi connectivity index (χ3v) is 8.81. The molecule has 0 spiro atoms. The third kappa shape index (κ3) is 3.64. The van der Waals surface area contributed by atoms with Gasteiger partial charge < -0.3 is 10.1 Å². The molecule has 0 radical (unpaired) electrons. The number of likely N-dealkylation sites (tertiary alicyclic amines) is 1. The lowest BCUT2D eigenvalue weighted by molar-refractivity contribution is -0.168. The van der Waals surface area contributed by atoms with E-state index in [1.807, 2.05) is 45.0 Å². The van der Waals surface area contributed by atoms with Gasteiger partial charge in [0, 0.05) is 16.9 Å². The highest BCUT2D eigenvalue weighted by atomic mass is 32.1. The third-order valence-electron chi connectivity index (χ3n) is 7.92. The number of aryl methyl sites for hydroxylation is 1. The van der Waals surface area contributed by atoms with Crippen molar-refractivity contribution >= 4 is 40.0 Å². The van der Waals surface area contributed by atoms with Crippen LogP contribution in [0.2, 0.25) is 0 Å². The maximum atomic E-state index is 13.2. The van der Waals surface area contributed by atoms with Crippen LogP contribution in [0.25, 0.3) is 11.1 Å². The molecule has 1 saturated heterocycles. The Bertz CT molecular complexity index is 1170. The lowest BCUT2D eigenvalue weighted by Gasteiger charge is -2.47. The van der Waals surface area contributed by atoms with Crippen molar-refractivity contribution in [2.24, 2.45) is 16.7 Å². The Morgan fingerprint density at radius 1 is 1.18 bits per heavy atom. The number of imide groups is 1. The number of fused-ring (bicyclic) bond motifs is 2. The van der Waals surface area contributed by atoms with Crippen LogP contribution in [-0.4, -0.2) is 42.2 Å². The summed E-state index contributed by atoms with van der Waals surface area (Å²) in [6, 6.07) is 7.86. The number of esters is 1. The number of benzene rings is 1. The Kier molecular flexibility index (Phi) is 6.14. The summed E-state index contributed by atoms with van der Waals surface area (Å²) in [7, 11) is 1.29. The lowest BCUT2D eigenvalue weighted by atomic mass is 9.62. The van der Waals surface area contributed by atoms with Crippen molar-refractivity contribution in [3.05, 3.63) is 40.8 Å². The Morgan fingerprint density at radius 3 is 2.47 bits per heavy atom. The first kappa shape index (κ1) is 24.1. The van der Waals surface area contributed by atoms with Crippen LogP contribution in [0.3, 0.4) is 0 Å². The van der Waals surface area contributed by atoms with Gasteiger partial charge in [-0.25, -0.2) is 4.79 Å². The highest BCUT2D eigenvalue weighted by Gasteiger charge is 2.64. The summed E-state index contributed by atoms with van der Waals surface area (Å²) in [5.74, 6) is -1.97. The van der Waals surface area contributed by atoms with Crippen LogP contribution in [0, 0.1) is 16.7 Å². The Labute approximate surface area is 203 Å². The van der Waals surface area contributed by atoms with Gasteiger partial charge in [0.25, 0.3) is 0 Å². The van der Waals surface area contributed by atoms with E-state index < -0.39 is 22.7 Å². The Morgan fingerprint density at radius 2 is 1.85 bits per heavy atom. The van der Waals surface area contributed by atoms with Crippen LogP contribution < -0.4 is 5.32 Å². The minimum atomic E-state index is -0.677. The first-order valence-electron chi connectivity index (χ1n) is 11.5. The topological polar surface area (TPSA) is 92.8 Å². The van der Waals surface area contributed by atoms with Crippen LogP contribution >= 0.6 is 11.3 Å². The number of methoxy groups -OCH3 is 1. The summed E-state index contributed by atoms with van der Waals surface area (Å²) in [6.07, 6.45) is 2.18. The molecule has 1 aromatic carbocycles. The second-order valence-electron chi connectivity index (χ2n) is 9.82. The fourth-order valence-electron chi connectivity index (χ4n) is 5.25. The Balaban J connectivity index is 1.58. The van der Waals surface area contributed by atoms with Gasteiger partial charge in [-0.1, -0.05) is 52.0 Å². The molecule has 3 amide bonds. The number of carbonyl (C=O) groups excluding carboxylic acids is 4. The summed E-state index contributed by atoms with van der Waals surface area (Å²) >= 11 is 1.21. The molecule has 1 aliphatic carbocycles. The molecule has 8 heteroatoms. The molecule has 4 rings (SSSR count). The fourth-order valence-corrected chi connectivity index (χ4v) is 6.22. The zero-order chi connectivity index (χ0) is 24.8. The molecule has 2 unspecified atom stereocenters. The number of thiophene rings is 1. The van der Waals surface area contributed by atoms with Gasteiger partial charge in [0.05, 0.1) is 12.5 Å². The van der Waals surface area contributed by atoms with E-state index in [1.165, 1.54) is 24.0 Å². The van der Waals surface area contributed by atoms with Crippen molar-refractivity contribution in [3.8, 4) is 11.1 Å². The number of nitrogens with zero attached hydrogens (tertiary/aromatic N) is 1. The van der Waals surface area contributed by atoms with Crippen LogP contribution in [0.5, 0.6) is 0 Å². The van der Waals surface area contributed by atoms with Gasteiger partial charge in [0.1, 0.15) is 17.1 Å². The standard InChI is InChI=1S/C26H30N2O5S/c1-6-15-7-9-16(10-8-15)17-14-34-21(20(17)23(31)33-5)27-19(29)13-28-22(30)18-11-12-26(4,24(28)32)25(18,2)3/h7-10,14,18H,6,11-13H2,1-5H3,(H,27,29). The number of piperidine rings is 1. The van der Waals surface area contributed by atoms with Gasteiger partial charge in [0.15, 0.2) is 0 Å². The van der Waals surface area contributed by atoms with E-state index in [4.69, 9.17) is 4.74 Å². The molecule has 2 bridgehead atoms. The van der Waals surface area contributed by atoms with Crippen molar-refractivity contribution in [2.45, 2.75) is 47.0 Å². The van der Waals surface area contributed by atoms with Crippen LogP contribution in [0.15, 0.2) is 29.6 Å². The molecule has 2 atom stereocenters. The molecule has 7 nitrogen and oxygen atoms in total. The predicted molar refractivity (Wildman–Crippen MR) is 130 cm³/mol. The van der Waals surface area contributed by atoms with Crippen molar-refractivity contribution in [2.75, 3.05) is 19.0 Å². The normalized spacial score (nSPS) is 23.2. The van der Waals surface area contributed by atoms with Gasteiger partial charge in [-0.2, -0.15) is 0 Å². The number of hydrogen-bond donors (Lipinski definition) is 1. The molecule has 2 heterocycles. The molecule has 34 heavy (non-hydrogen) atoms. The van der Waals surface area contributed by atoms with Crippen molar-refractivity contribution in [3.63, 3.8) is 0 Å². The van der Waals surface area contributed by atoms with Crippen molar-refractivity contribution < 1.29 is 23.9 Å². The molecule has 1 N–H and O–H groups in total. The highest BCUT2D eigenvalue weighted by molar-refractivity contribution is 7.15. The van der Waals surface area contributed by atoms with Crippen LogP contribution in [0.1, 0.15) is 56.5 Å². The van der Waals surface area contributed by atoms with E-state index in [0.29, 0.717) is 23.4 Å². The van der Waals surface area contributed by atoms with Gasteiger partial charge >= 0.3 is 5.97 Å². The second-order valence-corrected chi connectivity index (χ2v) is 10.7. The lowest BCUT2D eigenvalue weighted by Crippen LogP contribution is -2.60. The second kappa shape index (κ2) is 8.65. The monoisotopic (exact) mass is 482 g/mol. The zero-order valence-electron chi connectivity index (χ0n) is 20.2. The van der Waals surface area contributed by atoms with E-state index in [-0.39, 0.29) is 29.8 Å². The van der Waals surface area contributed by atoms with Crippen LogP contribution in [0.4, 0.5) is 5.00 Å². The van der Waals surface area contributed by atoms with Gasteiger partial charge in [-0.3, -0.25) is 19.3 Å². The van der Waals surface area contributed by atoms with E-state index in [1.54, 1.807) is 5.38 Å². The van der Waals surface area contributed by atoms with Crippen molar-refractivity contribution in [1.82, 2.24) is 4.90 Å². The number of carbonyl (C=O) groups is 4. The molecular formula is C26H30N2O5S. The van der Waals surface area contributed by atoms with E-state index in [9.17, 15) is 19.2 Å². The summed E-state index contributed by atoms with van der Waals surface area (Å²) < 4.78 is 4.98. The number of hydrogen-bond acceptors (Lipinski definition) is 6. The summed E-state index contributed by atoms with van der Waals surface area (Å²) in [5.41, 5.74) is 1.81. The van der Waals surface area contributed by atoms with E-state index in [2.05, 4.69) is 12.2 Å². The fraction of sp³-hybridized carbons (Fsp3) is 0.462. The average Bonchev–Trinajstić information content (AvgIpc) is 3.31. The number of nitrogens with one attached hydrogen (secondary N) is 1. The van der Waals surface area contributed by atoms with E-state index >= 15 is 0 Å². The summed E-state index contributed by atoms with van der Waals surface area (Å²) in [6.45, 7) is 7.50. The molecule has 1 aliphatic heterocycles. The molecule has 1 aromatic heterocycles. The van der Waals surface area contributed by atoms with Crippen LogP contribution in [-0.2, 0) is 25.5 Å². The zero-order valence-corrected chi connectivity index (χ0v) is 21.0. The van der Waals surface area contributed by atoms with Gasteiger partial charge in [-0.05, 0) is 35.8 Å². The summed E-state index contributed by atoms with van der Waals surface area (Å²) in [4.78, 5) is 53.0. The molecule has 1 saturated carbocycles. The average molecular weight is 483 g/mol. The predicted octanol–water partition coefficient (Wildman–Crippen LogP) is 4.51. The number of amides is 3. The largest absolute Gasteiger partial charge is 0.465 e. The molecular weight excluding hydrogens is 452 g/mol. The number of anilines is 1. The SMILES string of the molecule is CCc1ccc(-c2csc(NC(=O)CN3C(=O)C4CCC(C)(C3=O)C4(C)C)c2C(=O)OC)cc1. The Hall–Kier alpha value is -3.00. The minimum absolute atomic E-state index is 0.259. The van der Waals surface area contributed by atoms with E-state index in [0.717, 1.165) is 16.9 Å². The smallest absolute Gasteiger partial charge is 0.341 e. The van der Waals surface area contributed by atoms with Gasteiger partial charge in [-0.15, -0.1) is 11.3 Å². The maximum absolute atomic E-state index is 13.2. The molecule has 2 aromatic rings. The number of rotatable bonds is 6. The molecule has 2 fully saturated rings. The molecule has 2 aliphatic rings. The first-order chi connectivity index (χ1) is 16.0. The quantitative estimate of drug-likeness (QED) is 0.483. The summed E-state index contributed by atoms with van der Waals surface area (Å²) in [5, 5.41) is 4.87. The molecule has 180 valence electrons. The van der Waals surface area contributed by atoms with Crippen molar-refractivity contribution in [1.29, 1.82) is 0 Å². The highest BCUT2D eigenvalue weighted by Crippen LogP contribution is 2.60. The van der Waals surface area contributed by atoms with Gasteiger partial charge in [0.2, 0.25) is 17.7 Å². The minimum Gasteiger partial charge on any atom is -0.465 e. The first-order valence-corrected chi connectivity index (χ1v) is 12.4. The number of ether oxygens (including phenoxy) is 1.